The lowest BCUT2D eigenvalue weighted by Gasteiger charge is -2.31. The molecule has 1 unspecified atom stereocenters. The fraction of sp³-hybridized carbons (Fsp3) is 0.0645. The van der Waals surface area contributed by atoms with Crippen LogP contribution >= 0.6 is 0 Å². The summed E-state index contributed by atoms with van der Waals surface area (Å²) < 4.78 is 0. The van der Waals surface area contributed by atoms with Gasteiger partial charge in [0.1, 0.15) is 0 Å². The van der Waals surface area contributed by atoms with Gasteiger partial charge in [0.2, 0.25) is 0 Å². The van der Waals surface area contributed by atoms with Crippen molar-refractivity contribution >= 4 is 27.8 Å². The van der Waals surface area contributed by atoms with Gasteiger partial charge in [0.15, 0.2) is 0 Å². The molecular formula is C62H43N. The Morgan fingerprint density at radius 1 is 0.302 bits per heavy atom. The summed E-state index contributed by atoms with van der Waals surface area (Å²) in [6.45, 7) is 4.74. The summed E-state index contributed by atoms with van der Waals surface area (Å²) in [5.41, 5.74) is 23.7. The highest BCUT2D eigenvalue weighted by atomic mass is 15.1. The summed E-state index contributed by atoms with van der Waals surface area (Å²) in [6, 6.07) is 84.0. The minimum Gasteiger partial charge on any atom is -0.310 e. The minimum atomic E-state index is -0.458. The van der Waals surface area contributed by atoms with E-state index in [1.54, 1.807) is 0 Å². The Morgan fingerprint density at radius 3 is 1.59 bits per heavy atom. The van der Waals surface area contributed by atoms with E-state index in [1.807, 2.05) is 0 Å². The molecule has 10 aromatic carbocycles. The standard InChI is InChI=1S/C62H43N/c1-61(2)53-26-12-8-21-46(53)48-36-35-45(39-57(48)61)63(44-33-31-41(32-34-44)40-17-4-3-5-18-40)59-30-15-11-23-49(59)50-25-16-29-56-60(50)51-24-10-14-28-55(51)62(56)54-27-13-9-22-47(54)52-37-42-19-6-7-20-43(42)38-58(52)62/h3-39H,1-2H3. The molecule has 1 heteroatoms. The van der Waals surface area contributed by atoms with Gasteiger partial charge in [-0.05, 0) is 137 Å². The minimum absolute atomic E-state index is 0.137. The van der Waals surface area contributed by atoms with Crippen LogP contribution in [0.4, 0.5) is 17.1 Å². The van der Waals surface area contributed by atoms with Crippen molar-refractivity contribution < 1.29 is 0 Å². The fourth-order valence-electron chi connectivity index (χ4n) is 11.7. The maximum absolute atomic E-state index is 2.49. The Bertz CT molecular complexity index is 3480. The molecule has 1 nitrogen and oxygen atoms in total. The monoisotopic (exact) mass is 801 g/mol. The summed E-state index contributed by atoms with van der Waals surface area (Å²) in [5.74, 6) is 0. The third-order valence-corrected chi connectivity index (χ3v) is 14.5. The topological polar surface area (TPSA) is 3.24 Å². The van der Waals surface area contributed by atoms with Gasteiger partial charge < -0.3 is 4.90 Å². The number of nitrogens with zero attached hydrogens (tertiary/aromatic N) is 1. The van der Waals surface area contributed by atoms with Crippen molar-refractivity contribution in [3.63, 3.8) is 0 Å². The van der Waals surface area contributed by atoms with E-state index in [9.17, 15) is 0 Å². The van der Waals surface area contributed by atoms with Crippen molar-refractivity contribution in [2.45, 2.75) is 24.7 Å². The van der Waals surface area contributed by atoms with Crippen LogP contribution in [0.3, 0.4) is 0 Å². The second kappa shape index (κ2) is 13.4. The lowest BCUT2D eigenvalue weighted by atomic mass is 9.70. The van der Waals surface area contributed by atoms with Gasteiger partial charge in [0.05, 0.1) is 11.1 Å². The highest BCUT2D eigenvalue weighted by Crippen LogP contribution is 2.65. The van der Waals surface area contributed by atoms with Crippen molar-refractivity contribution in [2.24, 2.45) is 0 Å². The van der Waals surface area contributed by atoms with Crippen molar-refractivity contribution in [1.29, 1.82) is 0 Å². The molecule has 1 atom stereocenters. The molecule has 0 saturated heterocycles. The maximum Gasteiger partial charge on any atom is 0.0725 e. The molecule has 0 N–H and O–H groups in total. The molecule has 0 aliphatic heterocycles. The first-order valence-electron chi connectivity index (χ1n) is 22.2. The van der Waals surface area contributed by atoms with E-state index in [0.29, 0.717) is 0 Å². The van der Waals surface area contributed by atoms with Gasteiger partial charge in [-0.1, -0.05) is 196 Å². The van der Waals surface area contributed by atoms with Gasteiger partial charge in [-0.2, -0.15) is 0 Å². The molecular weight excluding hydrogens is 759 g/mol. The Balaban J connectivity index is 1.05. The molecule has 0 amide bonds. The number of fused-ring (bicyclic) bond motifs is 14. The van der Waals surface area contributed by atoms with E-state index in [2.05, 4.69) is 243 Å². The van der Waals surface area contributed by atoms with Crippen molar-refractivity contribution in [1.82, 2.24) is 0 Å². The molecule has 296 valence electrons. The van der Waals surface area contributed by atoms with Crippen molar-refractivity contribution in [3.8, 4) is 55.6 Å². The molecule has 13 rings (SSSR count). The van der Waals surface area contributed by atoms with E-state index in [-0.39, 0.29) is 5.41 Å². The van der Waals surface area contributed by atoms with Gasteiger partial charge in [0.25, 0.3) is 0 Å². The smallest absolute Gasteiger partial charge is 0.0725 e. The van der Waals surface area contributed by atoms with E-state index >= 15 is 0 Å². The van der Waals surface area contributed by atoms with Crippen LogP contribution < -0.4 is 4.90 Å². The van der Waals surface area contributed by atoms with Crippen LogP contribution in [-0.2, 0) is 10.8 Å². The number of para-hydroxylation sites is 1. The summed E-state index contributed by atoms with van der Waals surface area (Å²) in [5, 5.41) is 2.54. The molecule has 0 saturated carbocycles. The van der Waals surface area contributed by atoms with Crippen LogP contribution in [0.1, 0.15) is 47.2 Å². The molecule has 0 bridgehead atoms. The van der Waals surface area contributed by atoms with Crippen LogP contribution in [0, 0.1) is 0 Å². The Morgan fingerprint density at radius 2 is 0.825 bits per heavy atom. The number of hydrogen-bond donors (Lipinski definition) is 0. The number of anilines is 3. The Labute approximate surface area is 369 Å². The van der Waals surface area contributed by atoms with E-state index in [1.165, 1.54) is 99.8 Å². The first kappa shape index (κ1) is 36.0. The van der Waals surface area contributed by atoms with Crippen LogP contribution in [0.25, 0.3) is 66.4 Å². The molecule has 10 aromatic rings. The molecule has 1 spiro atoms. The number of hydrogen-bond acceptors (Lipinski definition) is 1. The largest absolute Gasteiger partial charge is 0.310 e. The summed E-state index contributed by atoms with van der Waals surface area (Å²) >= 11 is 0. The molecule has 3 aliphatic carbocycles. The van der Waals surface area contributed by atoms with Gasteiger partial charge in [-0.3, -0.25) is 0 Å². The van der Waals surface area contributed by atoms with Gasteiger partial charge in [-0.15, -0.1) is 0 Å². The van der Waals surface area contributed by atoms with Gasteiger partial charge >= 0.3 is 0 Å². The quantitative estimate of drug-likeness (QED) is 0.168. The summed E-state index contributed by atoms with van der Waals surface area (Å²) in [6.07, 6.45) is 0. The van der Waals surface area contributed by atoms with Crippen molar-refractivity contribution in [3.05, 3.63) is 258 Å². The molecule has 0 aromatic heterocycles. The second-order valence-electron chi connectivity index (χ2n) is 18.0. The van der Waals surface area contributed by atoms with E-state index in [0.717, 1.165) is 17.1 Å². The van der Waals surface area contributed by atoms with Crippen LogP contribution in [0.2, 0.25) is 0 Å². The summed E-state index contributed by atoms with van der Waals surface area (Å²) in [7, 11) is 0. The maximum atomic E-state index is 2.49. The number of benzene rings is 10. The second-order valence-corrected chi connectivity index (χ2v) is 18.0. The lowest BCUT2D eigenvalue weighted by molar-refractivity contribution is 0.660. The first-order chi connectivity index (χ1) is 31.0. The Hall–Kier alpha value is -7.74. The molecule has 0 radical (unpaired) electrons. The highest BCUT2D eigenvalue weighted by molar-refractivity contribution is 6.04. The average Bonchev–Trinajstić information content (AvgIpc) is 3.89. The van der Waals surface area contributed by atoms with Gasteiger partial charge in [0, 0.05) is 22.4 Å². The molecule has 63 heavy (non-hydrogen) atoms. The fourth-order valence-corrected chi connectivity index (χ4v) is 11.7. The predicted octanol–water partition coefficient (Wildman–Crippen LogP) is 16.3. The van der Waals surface area contributed by atoms with Gasteiger partial charge in [-0.25, -0.2) is 0 Å². The predicted molar refractivity (Wildman–Crippen MR) is 263 cm³/mol. The van der Waals surface area contributed by atoms with Crippen LogP contribution in [0.15, 0.2) is 224 Å². The Kier molecular flexibility index (Phi) is 7.64. The number of rotatable bonds is 5. The highest BCUT2D eigenvalue weighted by Gasteiger charge is 2.52. The van der Waals surface area contributed by atoms with E-state index in [4.69, 9.17) is 0 Å². The normalized spacial score (nSPS) is 15.7. The molecule has 0 fully saturated rings. The van der Waals surface area contributed by atoms with Crippen molar-refractivity contribution in [2.75, 3.05) is 4.90 Å². The zero-order valence-corrected chi connectivity index (χ0v) is 35.3. The lowest BCUT2D eigenvalue weighted by Crippen LogP contribution is -2.25. The zero-order valence-electron chi connectivity index (χ0n) is 35.3. The van der Waals surface area contributed by atoms with Crippen LogP contribution in [-0.4, -0.2) is 0 Å². The molecule has 0 heterocycles. The van der Waals surface area contributed by atoms with E-state index < -0.39 is 5.41 Å². The first-order valence-corrected chi connectivity index (χ1v) is 22.2. The third-order valence-electron chi connectivity index (χ3n) is 14.5. The molecule has 3 aliphatic rings. The summed E-state index contributed by atoms with van der Waals surface area (Å²) in [4.78, 5) is 2.49. The third kappa shape index (κ3) is 4.99. The average molecular weight is 802 g/mol. The SMILES string of the molecule is CC1(C)c2ccccc2-c2ccc(N(c3ccc(-c4ccccc4)cc3)c3ccccc3-c3cccc4c3-c3ccccc3C43c4ccccc4-c4cc5ccccc5cc43)cc21. The zero-order chi connectivity index (χ0) is 41.9. The van der Waals surface area contributed by atoms with Crippen LogP contribution in [0.5, 0.6) is 0 Å².